The third kappa shape index (κ3) is 3.44. The number of benzene rings is 2. The molecule has 144 valence electrons. The van der Waals surface area contributed by atoms with Crippen molar-refractivity contribution in [2.45, 2.75) is 5.54 Å². The lowest BCUT2D eigenvalue weighted by molar-refractivity contribution is -0.134. The molecule has 3 rings (SSSR count). The van der Waals surface area contributed by atoms with E-state index in [1.165, 1.54) is 7.05 Å². The molecule has 2 aromatic carbocycles. The van der Waals surface area contributed by atoms with Gasteiger partial charge in [-0.25, -0.2) is 4.79 Å². The van der Waals surface area contributed by atoms with Crippen LogP contribution in [0.1, 0.15) is 11.1 Å². The van der Waals surface area contributed by atoms with Crippen LogP contribution in [0.5, 0.6) is 0 Å². The number of hydrogen-bond donors (Lipinski definition) is 3. The Balaban J connectivity index is 1.91. The number of likely N-dealkylation sites (N-methyl/N-ethyl adjacent to an activating group) is 1. The molecule has 0 atom stereocenters. The Labute approximate surface area is 161 Å². The zero-order valence-corrected chi connectivity index (χ0v) is 15.3. The largest absolute Gasteiger partial charge is 0.358 e. The molecule has 0 spiro atoms. The third-order valence-electron chi connectivity index (χ3n) is 4.55. The van der Waals surface area contributed by atoms with E-state index < -0.39 is 29.9 Å². The van der Waals surface area contributed by atoms with E-state index in [-0.39, 0.29) is 12.5 Å². The molecule has 28 heavy (non-hydrogen) atoms. The number of nitrogens with one attached hydrogen (secondary N) is 3. The summed E-state index contributed by atoms with van der Waals surface area (Å²) in [5.74, 6) is -1.54. The lowest BCUT2D eigenvalue weighted by Crippen LogP contribution is -2.46. The molecule has 5 amide bonds. The number of amides is 5. The maximum Gasteiger partial charge on any atom is 0.326 e. The molecule has 0 bridgehead atoms. The van der Waals surface area contributed by atoms with Crippen LogP contribution in [0, 0.1) is 0 Å². The smallest absolute Gasteiger partial charge is 0.326 e. The van der Waals surface area contributed by atoms with Gasteiger partial charge < -0.3 is 16.0 Å². The number of carbonyl (C=O) groups is 4. The average molecular weight is 380 g/mol. The SMILES string of the molecule is CNC(=O)CNC(=O)CN1C(=O)NC(c2ccccc2)(c2ccccc2)C1=O. The molecule has 1 fully saturated rings. The van der Waals surface area contributed by atoms with E-state index in [1.807, 2.05) is 12.1 Å². The van der Waals surface area contributed by atoms with Gasteiger partial charge >= 0.3 is 6.03 Å². The molecular weight excluding hydrogens is 360 g/mol. The quantitative estimate of drug-likeness (QED) is 0.628. The third-order valence-corrected chi connectivity index (χ3v) is 4.55. The van der Waals surface area contributed by atoms with Gasteiger partial charge in [-0.2, -0.15) is 0 Å². The Morgan fingerprint density at radius 3 is 1.96 bits per heavy atom. The number of carbonyl (C=O) groups excluding carboxylic acids is 4. The Kier molecular flexibility index (Phi) is 5.39. The monoisotopic (exact) mass is 380 g/mol. The fourth-order valence-electron chi connectivity index (χ4n) is 3.12. The Morgan fingerprint density at radius 2 is 1.46 bits per heavy atom. The van der Waals surface area contributed by atoms with E-state index in [9.17, 15) is 19.2 Å². The molecule has 0 aromatic heterocycles. The zero-order chi connectivity index (χ0) is 20.1. The molecule has 1 aliphatic heterocycles. The van der Waals surface area contributed by atoms with E-state index in [4.69, 9.17) is 0 Å². The molecule has 8 nitrogen and oxygen atoms in total. The second-order valence-corrected chi connectivity index (χ2v) is 6.25. The Bertz CT molecular complexity index is 859. The summed E-state index contributed by atoms with van der Waals surface area (Å²) < 4.78 is 0. The minimum Gasteiger partial charge on any atom is -0.358 e. The van der Waals surface area contributed by atoms with Crippen LogP contribution >= 0.6 is 0 Å². The van der Waals surface area contributed by atoms with Crippen molar-refractivity contribution in [1.29, 1.82) is 0 Å². The molecule has 1 aliphatic rings. The van der Waals surface area contributed by atoms with Gasteiger partial charge in [-0.1, -0.05) is 60.7 Å². The van der Waals surface area contributed by atoms with Crippen LogP contribution < -0.4 is 16.0 Å². The number of rotatable bonds is 6. The first-order valence-corrected chi connectivity index (χ1v) is 8.71. The molecule has 0 radical (unpaired) electrons. The van der Waals surface area contributed by atoms with Gasteiger partial charge in [-0.15, -0.1) is 0 Å². The van der Waals surface area contributed by atoms with Crippen LogP contribution in [-0.4, -0.2) is 48.8 Å². The Hall–Kier alpha value is -3.68. The molecule has 2 aromatic rings. The van der Waals surface area contributed by atoms with Crippen molar-refractivity contribution in [2.24, 2.45) is 0 Å². The highest BCUT2D eigenvalue weighted by atomic mass is 16.2. The summed E-state index contributed by atoms with van der Waals surface area (Å²) in [5, 5.41) is 7.52. The predicted octanol–water partition coefficient (Wildman–Crippen LogP) is 0.344. The van der Waals surface area contributed by atoms with E-state index in [0.717, 1.165) is 4.90 Å². The number of imide groups is 1. The first kappa shape index (κ1) is 19.1. The highest BCUT2D eigenvalue weighted by Crippen LogP contribution is 2.35. The van der Waals surface area contributed by atoms with Crippen molar-refractivity contribution in [2.75, 3.05) is 20.1 Å². The highest BCUT2D eigenvalue weighted by Gasteiger charge is 2.53. The van der Waals surface area contributed by atoms with Gasteiger partial charge in [-0.05, 0) is 11.1 Å². The van der Waals surface area contributed by atoms with Gasteiger partial charge in [0.05, 0.1) is 6.54 Å². The second-order valence-electron chi connectivity index (χ2n) is 6.25. The first-order chi connectivity index (χ1) is 13.5. The van der Waals surface area contributed by atoms with Crippen LogP contribution in [0.4, 0.5) is 4.79 Å². The summed E-state index contributed by atoms with van der Waals surface area (Å²) in [4.78, 5) is 50.2. The maximum absolute atomic E-state index is 13.4. The molecular formula is C20H20N4O4. The van der Waals surface area contributed by atoms with Crippen LogP contribution in [0.2, 0.25) is 0 Å². The molecule has 0 saturated carbocycles. The van der Waals surface area contributed by atoms with Crippen molar-refractivity contribution in [3.63, 3.8) is 0 Å². The minimum atomic E-state index is -1.42. The van der Waals surface area contributed by atoms with Crippen molar-refractivity contribution >= 4 is 23.8 Å². The van der Waals surface area contributed by atoms with Gasteiger partial charge in [0.2, 0.25) is 11.8 Å². The lowest BCUT2D eigenvalue weighted by atomic mass is 9.82. The summed E-state index contributed by atoms with van der Waals surface area (Å²) >= 11 is 0. The van der Waals surface area contributed by atoms with Gasteiger partial charge in [0.15, 0.2) is 5.54 Å². The summed E-state index contributed by atoms with van der Waals surface area (Å²) in [6.45, 7) is -0.718. The van der Waals surface area contributed by atoms with Crippen LogP contribution in [0.15, 0.2) is 60.7 Å². The highest BCUT2D eigenvalue weighted by molar-refractivity contribution is 6.11. The standard InChI is InChI=1S/C20H20N4O4/c1-21-16(25)12-22-17(26)13-24-18(27)20(23-19(24)28,14-8-4-2-5-9-14)15-10-6-3-7-11-15/h2-11H,12-13H2,1H3,(H,21,25)(H,22,26)(H,23,28). The van der Waals surface area contributed by atoms with E-state index in [2.05, 4.69) is 16.0 Å². The molecule has 1 saturated heterocycles. The summed E-state index contributed by atoms with van der Waals surface area (Å²) in [7, 11) is 1.44. The average Bonchev–Trinajstić information content (AvgIpc) is 2.99. The van der Waals surface area contributed by atoms with Gasteiger partial charge in [0.1, 0.15) is 6.54 Å². The van der Waals surface area contributed by atoms with E-state index >= 15 is 0 Å². The minimum absolute atomic E-state index is 0.235. The van der Waals surface area contributed by atoms with Crippen LogP contribution in [-0.2, 0) is 19.9 Å². The molecule has 1 heterocycles. The molecule has 8 heteroatoms. The normalized spacial score (nSPS) is 15.1. The predicted molar refractivity (Wildman–Crippen MR) is 101 cm³/mol. The van der Waals surface area contributed by atoms with Gasteiger partial charge in [-0.3, -0.25) is 19.3 Å². The van der Waals surface area contributed by atoms with Crippen LogP contribution in [0.25, 0.3) is 0 Å². The molecule has 0 aliphatic carbocycles. The van der Waals surface area contributed by atoms with Crippen LogP contribution in [0.3, 0.4) is 0 Å². The fourth-order valence-corrected chi connectivity index (χ4v) is 3.12. The Morgan fingerprint density at radius 1 is 0.929 bits per heavy atom. The maximum atomic E-state index is 13.4. The van der Waals surface area contributed by atoms with Crippen molar-refractivity contribution in [3.05, 3.63) is 71.8 Å². The lowest BCUT2D eigenvalue weighted by Gasteiger charge is -2.27. The van der Waals surface area contributed by atoms with E-state index in [1.54, 1.807) is 48.5 Å². The van der Waals surface area contributed by atoms with Gasteiger partial charge in [0.25, 0.3) is 5.91 Å². The fraction of sp³-hybridized carbons (Fsp3) is 0.200. The summed E-state index contributed by atoms with van der Waals surface area (Å²) in [6.07, 6.45) is 0. The zero-order valence-electron chi connectivity index (χ0n) is 15.3. The van der Waals surface area contributed by atoms with Crippen molar-refractivity contribution in [3.8, 4) is 0 Å². The second kappa shape index (κ2) is 7.91. The topological polar surface area (TPSA) is 108 Å². The number of nitrogens with zero attached hydrogens (tertiary/aromatic N) is 1. The summed E-state index contributed by atoms with van der Waals surface area (Å²) in [6, 6.07) is 17.1. The van der Waals surface area contributed by atoms with Crippen molar-refractivity contribution < 1.29 is 19.2 Å². The first-order valence-electron chi connectivity index (χ1n) is 8.71. The van der Waals surface area contributed by atoms with Gasteiger partial charge in [0, 0.05) is 7.05 Å². The summed E-state index contributed by atoms with van der Waals surface area (Å²) in [5.41, 5.74) is -0.235. The molecule has 0 unspecified atom stereocenters. The van der Waals surface area contributed by atoms with Crippen molar-refractivity contribution in [1.82, 2.24) is 20.9 Å². The number of hydrogen-bond acceptors (Lipinski definition) is 4. The number of urea groups is 1. The molecule has 3 N–H and O–H groups in total. The van der Waals surface area contributed by atoms with E-state index in [0.29, 0.717) is 11.1 Å².